The highest BCUT2D eigenvalue weighted by atomic mass is 32.1. The molecule has 0 radical (unpaired) electrons. The number of thiazole rings is 1. The minimum atomic E-state index is -0.485. The van der Waals surface area contributed by atoms with E-state index in [9.17, 15) is 8.78 Å². The summed E-state index contributed by atoms with van der Waals surface area (Å²) in [6.45, 7) is 7.95. The van der Waals surface area contributed by atoms with E-state index in [1.165, 1.54) is 23.1 Å². The van der Waals surface area contributed by atoms with Gasteiger partial charge in [0.2, 0.25) is 0 Å². The topological polar surface area (TPSA) is 24.9 Å². The third-order valence-corrected chi connectivity index (χ3v) is 4.69. The van der Waals surface area contributed by atoms with Crippen LogP contribution in [0.2, 0.25) is 0 Å². The van der Waals surface area contributed by atoms with E-state index in [0.717, 1.165) is 10.7 Å². The third-order valence-electron chi connectivity index (χ3n) is 3.44. The molecule has 114 valence electrons. The maximum Gasteiger partial charge on any atom is 0.129 e. The van der Waals surface area contributed by atoms with Crippen LogP contribution in [0.4, 0.5) is 8.78 Å². The predicted molar refractivity (Wildman–Crippen MR) is 82.7 cm³/mol. The van der Waals surface area contributed by atoms with E-state index < -0.39 is 11.6 Å². The Morgan fingerprint density at radius 3 is 2.33 bits per heavy atom. The monoisotopic (exact) mass is 310 g/mol. The molecular weight excluding hydrogens is 290 g/mol. The summed E-state index contributed by atoms with van der Waals surface area (Å²) in [6.07, 6.45) is 0.319. The Morgan fingerprint density at radius 1 is 1.19 bits per heavy atom. The van der Waals surface area contributed by atoms with Gasteiger partial charge in [-0.3, -0.25) is 0 Å². The smallest absolute Gasteiger partial charge is 0.129 e. The van der Waals surface area contributed by atoms with E-state index in [4.69, 9.17) is 0 Å². The van der Waals surface area contributed by atoms with E-state index >= 15 is 0 Å². The molecule has 1 aromatic heterocycles. The highest BCUT2D eigenvalue weighted by molar-refractivity contribution is 7.11. The molecular formula is C16H20F2N2S. The number of nitrogens with one attached hydrogen (secondary N) is 1. The number of aromatic nitrogens is 1. The van der Waals surface area contributed by atoms with Crippen molar-refractivity contribution in [2.24, 2.45) is 0 Å². The number of aryl methyl sites for hydroxylation is 2. The first-order chi connectivity index (χ1) is 9.88. The summed E-state index contributed by atoms with van der Waals surface area (Å²) < 4.78 is 27.3. The average Bonchev–Trinajstić information content (AvgIpc) is 2.73. The van der Waals surface area contributed by atoms with Crippen molar-refractivity contribution < 1.29 is 8.78 Å². The molecule has 1 N–H and O–H groups in total. The SMILES string of the molecule is Cc1nc(C)c(C(C)NC(C)Cc2c(F)cccc2F)s1. The summed E-state index contributed by atoms with van der Waals surface area (Å²) in [5, 5.41) is 4.42. The summed E-state index contributed by atoms with van der Waals surface area (Å²) in [6, 6.07) is 4.06. The van der Waals surface area contributed by atoms with Crippen molar-refractivity contribution in [2.45, 2.75) is 46.2 Å². The largest absolute Gasteiger partial charge is 0.307 e. The highest BCUT2D eigenvalue weighted by Crippen LogP contribution is 2.25. The van der Waals surface area contributed by atoms with Crippen molar-refractivity contribution in [3.05, 3.63) is 51.0 Å². The van der Waals surface area contributed by atoms with Crippen molar-refractivity contribution in [1.29, 1.82) is 0 Å². The molecule has 2 nitrogen and oxygen atoms in total. The first-order valence-corrected chi connectivity index (χ1v) is 7.83. The van der Waals surface area contributed by atoms with Crippen LogP contribution in [0, 0.1) is 25.5 Å². The van der Waals surface area contributed by atoms with Gasteiger partial charge in [0.25, 0.3) is 0 Å². The number of benzene rings is 1. The molecule has 2 unspecified atom stereocenters. The van der Waals surface area contributed by atoms with E-state index in [1.807, 2.05) is 27.7 Å². The van der Waals surface area contributed by atoms with Gasteiger partial charge in [0.15, 0.2) is 0 Å². The molecule has 0 aliphatic heterocycles. The van der Waals surface area contributed by atoms with Crippen LogP contribution >= 0.6 is 11.3 Å². The molecule has 2 aromatic rings. The Bertz CT molecular complexity index is 604. The standard InChI is InChI=1S/C16H20F2N2S/c1-9(8-13-14(17)6-5-7-15(13)18)19-10(2)16-11(3)20-12(4)21-16/h5-7,9-10,19H,8H2,1-4H3. The van der Waals surface area contributed by atoms with Gasteiger partial charge in [-0.1, -0.05) is 6.07 Å². The molecule has 5 heteroatoms. The predicted octanol–water partition coefficient (Wildman–Crippen LogP) is 4.32. The fourth-order valence-corrected chi connectivity index (χ4v) is 3.48. The van der Waals surface area contributed by atoms with Crippen LogP contribution in [0.1, 0.15) is 41.0 Å². The zero-order valence-corrected chi connectivity index (χ0v) is 13.5. The molecule has 0 aliphatic rings. The second-order valence-electron chi connectivity index (χ2n) is 5.38. The molecule has 1 aromatic carbocycles. The molecule has 0 spiro atoms. The minimum Gasteiger partial charge on any atom is -0.307 e. The number of rotatable bonds is 5. The van der Waals surface area contributed by atoms with E-state index in [-0.39, 0.29) is 17.6 Å². The number of hydrogen-bond acceptors (Lipinski definition) is 3. The molecule has 21 heavy (non-hydrogen) atoms. The van der Waals surface area contributed by atoms with Gasteiger partial charge in [-0.15, -0.1) is 11.3 Å². The highest BCUT2D eigenvalue weighted by Gasteiger charge is 2.17. The van der Waals surface area contributed by atoms with Crippen molar-refractivity contribution >= 4 is 11.3 Å². The maximum atomic E-state index is 13.7. The molecule has 0 saturated carbocycles. The summed E-state index contributed by atoms with van der Waals surface area (Å²) in [5.74, 6) is -0.970. The lowest BCUT2D eigenvalue weighted by molar-refractivity contribution is 0.459. The summed E-state index contributed by atoms with van der Waals surface area (Å²) in [4.78, 5) is 5.58. The Labute approximate surface area is 128 Å². The normalized spacial score (nSPS) is 14.2. The molecule has 0 fully saturated rings. The Hall–Kier alpha value is -1.33. The first-order valence-electron chi connectivity index (χ1n) is 7.01. The van der Waals surface area contributed by atoms with Crippen LogP contribution in [0.15, 0.2) is 18.2 Å². The number of nitrogens with zero attached hydrogens (tertiary/aromatic N) is 1. The molecule has 0 amide bonds. The van der Waals surface area contributed by atoms with Gasteiger partial charge in [-0.2, -0.15) is 0 Å². The minimum absolute atomic E-state index is 0.0341. The van der Waals surface area contributed by atoms with Gasteiger partial charge in [0.05, 0.1) is 10.7 Å². The lowest BCUT2D eigenvalue weighted by Crippen LogP contribution is -2.31. The Balaban J connectivity index is 2.05. The zero-order valence-electron chi connectivity index (χ0n) is 12.7. The Morgan fingerprint density at radius 2 is 1.81 bits per heavy atom. The van der Waals surface area contributed by atoms with Crippen LogP contribution in [-0.4, -0.2) is 11.0 Å². The summed E-state index contributed by atoms with van der Waals surface area (Å²) in [5.41, 5.74) is 1.16. The third kappa shape index (κ3) is 3.86. The molecule has 0 bridgehead atoms. The summed E-state index contributed by atoms with van der Waals surface area (Å²) in [7, 11) is 0. The lowest BCUT2D eigenvalue weighted by Gasteiger charge is -2.20. The van der Waals surface area contributed by atoms with Gasteiger partial charge in [0.1, 0.15) is 11.6 Å². The van der Waals surface area contributed by atoms with Gasteiger partial charge < -0.3 is 5.32 Å². The molecule has 0 saturated heterocycles. The fraction of sp³-hybridized carbons (Fsp3) is 0.438. The maximum absolute atomic E-state index is 13.7. The number of halogens is 2. The molecule has 2 atom stereocenters. The fourth-order valence-electron chi connectivity index (χ4n) is 2.54. The van der Waals surface area contributed by atoms with Crippen LogP contribution in [0.3, 0.4) is 0 Å². The second-order valence-corrected chi connectivity index (χ2v) is 6.61. The van der Waals surface area contributed by atoms with E-state index in [2.05, 4.69) is 10.3 Å². The van der Waals surface area contributed by atoms with Crippen molar-refractivity contribution in [1.82, 2.24) is 10.3 Å². The second kappa shape index (κ2) is 6.62. The van der Waals surface area contributed by atoms with Gasteiger partial charge >= 0.3 is 0 Å². The molecule has 1 heterocycles. The van der Waals surface area contributed by atoms with Crippen molar-refractivity contribution in [2.75, 3.05) is 0 Å². The first kappa shape index (κ1) is 16.0. The van der Waals surface area contributed by atoms with Gasteiger partial charge in [-0.05, 0) is 46.2 Å². The van der Waals surface area contributed by atoms with Crippen LogP contribution in [0.5, 0.6) is 0 Å². The quantitative estimate of drug-likeness (QED) is 0.889. The van der Waals surface area contributed by atoms with Crippen LogP contribution in [0.25, 0.3) is 0 Å². The lowest BCUT2D eigenvalue weighted by atomic mass is 10.0. The van der Waals surface area contributed by atoms with Crippen LogP contribution < -0.4 is 5.32 Å². The summed E-state index contributed by atoms with van der Waals surface area (Å²) >= 11 is 1.66. The number of hydrogen-bond donors (Lipinski definition) is 1. The van der Waals surface area contributed by atoms with Gasteiger partial charge in [-0.25, -0.2) is 13.8 Å². The molecule has 2 rings (SSSR count). The Kier molecular flexibility index (Phi) is 5.06. The van der Waals surface area contributed by atoms with Gasteiger partial charge in [0, 0.05) is 22.5 Å². The van der Waals surface area contributed by atoms with Crippen LogP contribution in [-0.2, 0) is 6.42 Å². The van der Waals surface area contributed by atoms with E-state index in [0.29, 0.717) is 6.42 Å². The molecule has 0 aliphatic carbocycles. The van der Waals surface area contributed by atoms with Crippen molar-refractivity contribution in [3.63, 3.8) is 0 Å². The van der Waals surface area contributed by atoms with Crippen molar-refractivity contribution in [3.8, 4) is 0 Å². The van der Waals surface area contributed by atoms with E-state index in [1.54, 1.807) is 11.3 Å². The zero-order chi connectivity index (χ0) is 15.6. The average molecular weight is 310 g/mol.